The summed E-state index contributed by atoms with van der Waals surface area (Å²) < 4.78 is 17.8. The summed E-state index contributed by atoms with van der Waals surface area (Å²) >= 11 is 0. The molecule has 38 heavy (non-hydrogen) atoms. The van der Waals surface area contributed by atoms with Gasteiger partial charge in [-0.15, -0.1) is 0 Å². The van der Waals surface area contributed by atoms with Gasteiger partial charge < -0.3 is 35.1 Å². The van der Waals surface area contributed by atoms with Crippen molar-refractivity contribution in [1.82, 2.24) is 4.90 Å². The molecule has 0 unspecified atom stereocenters. The van der Waals surface area contributed by atoms with Crippen LogP contribution in [0, 0.1) is 6.92 Å². The van der Waals surface area contributed by atoms with E-state index in [2.05, 4.69) is 4.90 Å². The number of likely N-dealkylation sites (tertiary alicyclic amines) is 1. The van der Waals surface area contributed by atoms with Gasteiger partial charge in [0.2, 0.25) is 6.10 Å². The molecule has 1 aliphatic carbocycles. The predicted molar refractivity (Wildman–Crippen MR) is 138 cm³/mol. The molecule has 0 bridgehead atoms. The number of hydrogen-bond donors (Lipinski definition) is 3. The van der Waals surface area contributed by atoms with Crippen molar-refractivity contribution in [2.75, 3.05) is 20.1 Å². The van der Waals surface area contributed by atoms with Crippen molar-refractivity contribution in [2.45, 2.75) is 62.4 Å². The third kappa shape index (κ3) is 3.88. The van der Waals surface area contributed by atoms with E-state index in [1.165, 1.54) is 0 Å². The third-order valence-electron chi connectivity index (χ3n) is 8.46. The number of carbonyl (C=O) groups is 2. The number of phenols is 1. The van der Waals surface area contributed by atoms with Crippen molar-refractivity contribution in [2.24, 2.45) is 5.73 Å². The molecule has 2 heterocycles. The van der Waals surface area contributed by atoms with Crippen molar-refractivity contribution in [3.8, 4) is 11.5 Å². The van der Waals surface area contributed by atoms with Crippen LogP contribution in [0.15, 0.2) is 54.3 Å². The SMILES string of the molecule is Cc1ccc(O)c2c1[C@]13CCN(C)[C@H](C)[C@]1(O)CC=C(OC(=O)[C@@H](OC(=O)CCN)c1ccccc1)[C@@H]3O2. The first-order valence-electron chi connectivity index (χ1n) is 12.9. The number of fused-ring (bicyclic) bond motifs is 1. The zero-order valence-electron chi connectivity index (χ0n) is 21.8. The topological polar surface area (TPSA) is 132 Å². The summed E-state index contributed by atoms with van der Waals surface area (Å²) in [4.78, 5) is 28.0. The van der Waals surface area contributed by atoms with Gasteiger partial charge in [-0.1, -0.05) is 36.4 Å². The number of nitrogens with zero attached hydrogens (tertiary/aromatic N) is 1. The van der Waals surface area contributed by atoms with Crippen LogP contribution in [0.1, 0.15) is 49.0 Å². The minimum absolute atomic E-state index is 0.0353. The van der Waals surface area contributed by atoms with E-state index < -0.39 is 35.2 Å². The molecule has 9 heteroatoms. The molecule has 9 nitrogen and oxygen atoms in total. The van der Waals surface area contributed by atoms with Crippen molar-refractivity contribution in [3.63, 3.8) is 0 Å². The minimum Gasteiger partial charge on any atom is -0.504 e. The molecule has 1 spiro atoms. The second kappa shape index (κ2) is 9.72. The fourth-order valence-corrected chi connectivity index (χ4v) is 6.36. The van der Waals surface area contributed by atoms with Crippen molar-refractivity contribution < 1.29 is 34.0 Å². The maximum atomic E-state index is 13.6. The van der Waals surface area contributed by atoms with Gasteiger partial charge in [0, 0.05) is 30.1 Å². The van der Waals surface area contributed by atoms with Crippen molar-refractivity contribution >= 4 is 11.9 Å². The molecule has 2 aromatic rings. The molecule has 0 saturated carbocycles. The molecule has 0 amide bonds. The van der Waals surface area contributed by atoms with Gasteiger partial charge in [0.05, 0.1) is 17.4 Å². The molecule has 1 fully saturated rings. The Morgan fingerprint density at radius 3 is 2.68 bits per heavy atom. The minimum atomic E-state index is -1.30. The third-order valence-corrected chi connectivity index (χ3v) is 8.46. The van der Waals surface area contributed by atoms with Crippen LogP contribution in [0.4, 0.5) is 0 Å². The highest BCUT2D eigenvalue weighted by molar-refractivity contribution is 5.82. The number of benzene rings is 2. The van der Waals surface area contributed by atoms with Gasteiger partial charge in [0.1, 0.15) is 5.76 Å². The molecule has 3 aliphatic rings. The zero-order valence-corrected chi connectivity index (χ0v) is 21.8. The van der Waals surface area contributed by atoms with E-state index in [1.807, 2.05) is 27.0 Å². The number of ether oxygens (including phenoxy) is 3. The number of likely N-dealkylation sites (N-methyl/N-ethyl adjacent to an activating group) is 1. The fraction of sp³-hybridized carbons (Fsp3) is 0.448. The number of nitrogens with two attached hydrogens (primary N) is 1. The lowest BCUT2D eigenvalue weighted by Crippen LogP contribution is -2.71. The second-order valence-electron chi connectivity index (χ2n) is 10.5. The van der Waals surface area contributed by atoms with Crippen LogP contribution in [-0.2, 0) is 24.5 Å². The predicted octanol–water partition coefficient (Wildman–Crippen LogP) is 2.62. The standard InChI is InChI=1S/C29H34N2O7/c1-17-9-10-20(32)25-23(17)28-14-16-31(3)18(2)29(28,35)13-11-21(26(28)38-25)36-27(34)24(37-22(33)12-15-30)19-7-5-4-6-8-19/h4-11,18,24,26,32,35H,12-16,30H2,1-3H3/t18-,24+,26+,28+,29-/m1/s1. The van der Waals surface area contributed by atoms with Crippen molar-refractivity contribution in [3.05, 3.63) is 71.0 Å². The molecule has 5 rings (SSSR count). The number of esters is 2. The fourth-order valence-electron chi connectivity index (χ4n) is 6.36. The normalized spacial score (nSPS) is 28.7. The molecular formula is C29H34N2O7. The molecule has 202 valence electrons. The maximum absolute atomic E-state index is 13.6. The maximum Gasteiger partial charge on any atom is 0.357 e. The van der Waals surface area contributed by atoms with Crippen LogP contribution in [0.3, 0.4) is 0 Å². The molecular weight excluding hydrogens is 488 g/mol. The summed E-state index contributed by atoms with van der Waals surface area (Å²) in [5.74, 6) is -0.914. The van der Waals surface area contributed by atoms with E-state index in [9.17, 15) is 19.8 Å². The lowest BCUT2D eigenvalue weighted by Gasteiger charge is -2.58. The molecule has 2 aromatic carbocycles. The Kier molecular flexibility index (Phi) is 6.71. The number of hydrogen-bond acceptors (Lipinski definition) is 9. The number of aliphatic hydroxyl groups is 1. The number of piperidine rings is 1. The molecule has 4 N–H and O–H groups in total. The van der Waals surface area contributed by atoms with E-state index in [1.54, 1.807) is 42.5 Å². The summed E-state index contributed by atoms with van der Waals surface area (Å²) in [6.07, 6.45) is 0.203. The molecule has 2 aliphatic heterocycles. The van der Waals surface area contributed by atoms with Gasteiger partial charge in [-0.3, -0.25) is 4.79 Å². The molecule has 0 radical (unpaired) electrons. The largest absolute Gasteiger partial charge is 0.504 e. The summed E-state index contributed by atoms with van der Waals surface area (Å²) in [6, 6.07) is 11.8. The number of phenolic OH excluding ortho intramolecular Hbond substituents is 1. The summed E-state index contributed by atoms with van der Waals surface area (Å²) in [5, 5.41) is 23.0. The van der Waals surface area contributed by atoms with E-state index in [-0.39, 0.29) is 36.9 Å². The summed E-state index contributed by atoms with van der Waals surface area (Å²) in [7, 11) is 1.97. The van der Waals surface area contributed by atoms with Gasteiger partial charge >= 0.3 is 11.9 Å². The highest BCUT2D eigenvalue weighted by Gasteiger charge is 2.69. The number of rotatable bonds is 6. The number of aromatic hydroxyl groups is 1. The van der Waals surface area contributed by atoms with Gasteiger partial charge in [-0.25, -0.2) is 4.79 Å². The van der Waals surface area contributed by atoms with Crippen LogP contribution in [0.25, 0.3) is 0 Å². The Balaban J connectivity index is 1.55. The zero-order chi connectivity index (χ0) is 27.2. The Morgan fingerprint density at radius 2 is 1.97 bits per heavy atom. The first-order chi connectivity index (χ1) is 18.1. The number of carbonyl (C=O) groups excluding carboxylic acids is 2. The Bertz CT molecular complexity index is 1280. The Hall–Kier alpha value is -3.40. The average molecular weight is 523 g/mol. The van der Waals surface area contributed by atoms with E-state index in [0.717, 1.165) is 11.1 Å². The Labute approximate surface area is 221 Å². The van der Waals surface area contributed by atoms with Crippen LogP contribution in [-0.4, -0.2) is 64.9 Å². The average Bonchev–Trinajstić information content (AvgIpc) is 3.27. The summed E-state index contributed by atoms with van der Waals surface area (Å²) in [6.45, 7) is 4.66. The highest BCUT2D eigenvalue weighted by atomic mass is 16.6. The summed E-state index contributed by atoms with van der Waals surface area (Å²) in [5.41, 5.74) is 5.36. The van der Waals surface area contributed by atoms with E-state index in [0.29, 0.717) is 24.3 Å². The quantitative estimate of drug-likeness (QED) is 0.490. The van der Waals surface area contributed by atoms with Crippen LogP contribution in [0.2, 0.25) is 0 Å². The first kappa shape index (κ1) is 26.2. The van der Waals surface area contributed by atoms with Gasteiger partial charge in [-0.05, 0) is 51.6 Å². The van der Waals surface area contributed by atoms with Crippen LogP contribution >= 0.6 is 0 Å². The monoisotopic (exact) mass is 522 g/mol. The first-order valence-corrected chi connectivity index (χ1v) is 12.9. The molecule has 0 aromatic heterocycles. The van der Waals surface area contributed by atoms with Gasteiger partial charge in [-0.2, -0.15) is 0 Å². The lowest BCUT2D eigenvalue weighted by atomic mass is 9.54. The van der Waals surface area contributed by atoms with Crippen LogP contribution in [0.5, 0.6) is 11.5 Å². The van der Waals surface area contributed by atoms with Crippen LogP contribution < -0.4 is 10.5 Å². The lowest BCUT2D eigenvalue weighted by molar-refractivity contribution is -0.173. The van der Waals surface area contributed by atoms with Gasteiger partial charge in [0.15, 0.2) is 17.6 Å². The highest BCUT2D eigenvalue weighted by Crippen LogP contribution is 2.62. The smallest absolute Gasteiger partial charge is 0.357 e. The molecule has 5 atom stereocenters. The second-order valence-corrected chi connectivity index (χ2v) is 10.5. The molecule has 1 saturated heterocycles. The van der Waals surface area contributed by atoms with Crippen molar-refractivity contribution in [1.29, 1.82) is 0 Å². The number of aryl methyl sites for hydroxylation is 1. The van der Waals surface area contributed by atoms with E-state index in [4.69, 9.17) is 19.9 Å². The van der Waals surface area contributed by atoms with Gasteiger partial charge in [0.25, 0.3) is 0 Å². The Morgan fingerprint density at radius 1 is 1.24 bits per heavy atom. The van der Waals surface area contributed by atoms with E-state index >= 15 is 0 Å².